The van der Waals surface area contributed by atoms with Gasteiger partial charge in [0.25, 0.3) is 0 Å². The quantitative estimate of drug-likeness (QED) is 0.263. The number of fused-ring (bicyclic) bond motifs is 2. The van der Waals surface area contributed by atoms with E-state index in [9.17, 15) is 4.79 Å². The average Bonchev–Trinajstić information content (AvgIpc) is 2.95. The summed E-state index contributed by atoms with van der Waals surface area (Å²) < 4.78 is 5.47. The number of rotatable bonds is 5. The molecule has 1 aliphatic heterocycles. The predicted molar refractivity (Wildman–Crippen MR) is 157 cm³/mol. The number of carbonyl (C=O) groups excluding carboxylic acids is 1. The molecule has 1 aliphatic rings. The van der Waals surface area contributed by atoms with Gasteiger partial charge in [-0.05, 0) is 63.5 Å². The van der Waals surface area contributed by atoms with Gasteiger partial charge in [-0.25, -0.2) is 4.79 Å². The fourth-order valence-corrected chi connectivity index (χ4v) is 5.23. The monoisotopic (exact) mass is 501 g/mol. The van der Waals surface area contributed by atoms with Crippen molar-refractivity contribution in [3.05, 3.63) is 108 Å². The summed E-state index contributed by atoms with van der Waals surface area (Å²) in [6.45, 7) is 6.54. The molecule has 38 heavy (non-hydrogen) atoms. The van der Waals surface area contributed by atoms with Gasteiger partial charge in [-0.3, -0.25) is 4.90 Å². The van der Waals surface area contributed by atoms with E-state index in [-0.39, 0.29) is 6.03 Å². The highest BCUT2D eigenvalue weighted by atomic mass is 16.5. The summed E-state index contributed by atoms with van der Waals surface area (Å²) in [5.41, 5.74) is 6.23. The van der Waals surface area contributed by atoms with Crippen LogP contribution >= 0.6 is 0 Å². The number of nitrogens with one attached hydrogen (secondary N) is 2. The zero-order valence-electron chi connectivity index (χ0n) is 21.5. The number of hydrogen-bond acceptors (Lipinski definition) is 3. The van der Waals surface area contributed by atoms with Crippen LogP contribution in [0.15, 0.2) is 97.1 Å². The third-order valence-corrected chi connectivity index (χ3v) is 7.29. The van der Waals surface area contributed by atoms with Crippen LogP contribution in [-0.2, 0) is 11.3 Å². The van der Waals surface area contributed by atoms with Crippen molar-refractivity contribution in [3.63, 3.8) is 0 Å². The van der Waals surface area contributed by atoms with Crippen molar-refractivity contribution in [2.24, 2.45) is 0 Å². The van der Waals surface area contributed by atoms with Crippen LogP contribution in [-0.4, -0.2) is 37.2 Å². The SMILES string of the molecule is Cc1cc2ccccc2cc1NC(=O)Nc1ccc(-c2ccc(CN3CCOCC3)cc2)c2ccccc12. The molecule has 0 saturated carbocycles. The number of nitrogens with zero attached hydrogens (tertiary/aromatic N) is 1. The van der Waals surface area contributed by atoms with Crippen molar-refractivity contribution >= 4 is 39.0 Å². The normalized spacial score (nSPS) is 14.0. The van der Waals surface area contributed by atoms with E-state index in [0.29, 0.717) is 0 Å². The van der Waals surface area contributed by atoms with E-state index in [0.717, 1.165) is 82.5 Å². The summed E-state index contributed by atoms with van der Waals surface area (Å²) in [5.74, 6) is 0. The Labute approximate surface area is 223 Å². The molecule has 0 radical (unpaired) electrons. The first-order chi connectivity index (χ1) is 18.6. The zero-order chi connectivity index (χ0) is 25.9. The molecule has 190 valence electrons. The minimum absolute atomic E-state index is 0.256. The topological polar surface area (TPSA) is 53.6 Å². The molecule has 5 heteroatoms. The Balaban J connectivity index is 1.22. The number of morpholine rings is 1. The highest BCUT2D eigenvalue weighted by Crippen LogP contribution is 2.34. The van der Waals surface area contributed by atoms with Crippen LogP contribution < -0.4 is 10.6 Å². The smallest absolute Gasteiger partial charge is 0.323 e. The van der Waals surface area contributed by atoms with E-state index in [1.165, 1.54) is 5.56 Å². The molecule has 1 saturated heterocycles. The van der Waals surface area contributed by atoms with Crippen LogP contribution in [0.3, 0.4) is 0 Å². The van der Waals surface area contributed by atoms with Gasteiger partial charge in [-0.15, -0.1) is 0 Å². The Bertz CT molecular complexity index is 1600. The number of anilines is 2. The Kier molecular flexibility index (Phi) is 6.78. The maximum Gasteiger partial charge on any atom is 0.323 e. The van der Waals surface area contributed by atoms with Crippen LogP contribution in [0.2, 0.25) is 0 Å². The Morgan fingerprint density at radius 3 is 2.18 bits per heavy atom. The molecule has 5 aromatic rings. The van der Waals surface area contributed by atoms with E-state index in [2.05, 4.69) is 76.2 Å². The first-order valence-corrected chi connectivity index (χ1v) is 13.1. The minimum Gasteiger partial charge on any atom is -0.379 e. The van der Waals surface area contributed by atoms with E-state index in [1.54, 1.807) is 0 Å². The second-order valence-corrected chi connectivity index (χ2v) is 9.89. The molecule has 6 rings (SSSR count). The van der Waals surface area contributed by atoms with E-state index < -0.39 is 0 Å². The number of aryl methyl sites for hydroxylation is 1. The zero-order valence-corrected chi connectivity index (χ0v) is 21.5. The van der Waals surface area contributed by atoms with E-state index in [4.69, 9.17) is 4.74 Å². The lowest BCUT2D eigenvalue weighted by molar-refractivity contribution is 0.0342. The molecule has 0 unspecified atom stereocenters. The highest BCUT2D eigenvalue weighted by molar-refractivity contribution is 6.10. The largest absolute Gasteiger partial charge is 0.379 e. The third kappa shape index (κ3) is 5.12. The van der Waals surface area contributed by atoms with E-state index >= 15 is 0 Å². The molecule has 0 bridgehead atoms. The molecule has 5 aromatic carbocycles. The van der Waals surface area contributed by atoms with Crippen LogP contribution in [0.4, 0.5) is 16.2 Å². The number of urea groups is 1. The summed E-state index contributed by atoms with van der Waals surface area (Å²) in [6.07, 6.45) is 0. The number of hydrogen-bond donors (Lipinski definition) is 2. The lowest BCUT2D eigenvalue weighted by Gasteiger charge is -2.26. The summed E-state index contributed by atoms with van der Waals surface area (Å²) in [4.78, 5) is 15.5. The molecular weight excluding hydrogens is 470 g/mol. The summed E-state index contributed by atoms with van der Waals surface area (Å²) in [6, 6.07) is 33.2. The molecule has 5 nitrogen and oxygen atoms in total. The Morgan fingerprint density at radius 2 is 1.42 bits per heavy atom. The summed E-state index contributed by atoms with van der Waals surface area (Å²) >= 11 is 0. The van der Waals surface area contributed by atoms with Gasteiger partial charge in [0.1, 0.15) is 0 Å². The van der Waals surface area contributed by atoms with Gasteiger partial charge in [-0.2, -0.15) is 0 Å². The van der Waals surface area contributed by atoms with Crippen molar-refractivity contribution in [1.82, 2.24) is 4.90 Å². The maximum atomic E-state index is 13.0. The first-order valence-electron chi connectivity index (χ1n) is 13.1. The second-order valence-electron chi connectivity index (χ2n) is 9.89. The fraction of sp³-hybridized carbons (Fsp3) is 0.182. The van der Waals surface area contributed by atoms with Crippen molar-refractivity contribution < 1.29 is 9.53 Å². The van der Waals surface area contributed by atoms with Gasteiger partial charge < -0.3 is 15.4 Å². The molecular formula is C33H31N3O2. The Morgan fingerprint density at radius 1 is 0.763 bits per heavy atom. The highest BCUT2D eigenvalue weighted by Gasteiger charge is 2.13. The van der Waals surface area contributed by atoms with Gasteiger partial charge in [0.2, 0.25) is 0 Å². The van der Waals surface area contributed by atoms with Gasteiger partial charge in [-0.1, -0.05) is 78.9 Å². The average molecular weight is 502 g/mol. The van der Waals surface area contributed by atoms with Gasteiger partial charge in [0.15, 0.2) is 0 Å². The standard InChI is InChI=1S/C33H31N3O2/c1-23-20-26-6-2-3-7-27(26)21-32(23)35-33(37)34-31-15-14-28(29-8-4-5-9-30(29)31)25-12-10-24(11-13-25)22-36-16-18-38-19-17-36/h2-15,20-21H,16-19,22H2,1H3,(H2,34,35,37). The molecule has 2 N–H and O–H groups in total. The Hall–Kier alpha value is -4.19. The van der Waals surface area contributed by atoms with Crippen LogP contribution in [0.25, 0.3) is 32.7 Å². The van der Waals surface area contributed by atoms with E-state index in [1.807, 2.05) is 43.3 Å². The minimum atomic E-state index is -0.256. The molecule has 0 atom stereocenters. The lowest BCUT2D eigenvalue weighted by Crippen LogP contribution is -2.35. The fourth-order valence-electron chi connectivity index (χ4n) is 5.23. The number of ether oxygens (including phenoxy) is 1. The van der Waals surface area contributed by atoms with Crippen molar-refractivity contribution in [2.45, 2.75) is 13.5 Å². The molecule has 1 fully saturated rings. The van der Waals surface area contributed by atoms with Gasteiger partial charge >= 0.3 is 6.03 Å². The van der Waals surface area contributed by atoms with Crippen molar-refractivity contribution in [1.29, 1.82) is 0 Å². The maximum absolute atomic E-state index is 13.0. The molecule has 0 spiro atoms. The van der Waals surface area contributed by atoms with Gasteiger partial charge in [0, 0.05) is 30.7 Å². The number of amides is 2. The van der Waals surface area contributed by atoms with Crippen LogP contribution in [0, 0.1) is 6.92 Å². The third-order valence-electron chi connectivity index (χ3n) is 7.29. The predicted octanol–water partition coefficient (Wildman–Crippen LogP) is 7.44. The van der Waals surface area contributed by atoms with Crippen molar-refractivity contribution in [3.8, 4) is 11.1 Å². The number of benzene rings is 5. The first kappa shape index (κ1) is 24.2. The number of carbonyl (C=O) groups is 1. The van der Waals surface area contributed by atoms with Crippen LogP contribution in [0.5, 0.6) is 0 Å². The summed E-state index contributed by atoms with van der Waals surface area (Å²) in [7, 11) is 0. The molecule has 0 aliphatic carbocycles. The van der Waals surface area contributed by atoms with Crippen molar-refractivity contribution in [2.75, 3.05) is 36.9 Å². The van der Waals surface area contributed by atoms with Crippen LogP contribution in [0.1, 0.15) is 11.1 Å². The summed E-state index contributed by atoms with van der Waals surface area (Å²) in [5, 5.41) is 10.5. The van der Waals surface area contributed by atoms with Gasteiger partial charge in [0.05, 0.1) is 18.9 Å². The lowest BCUT2D eigenvalue weighted by atomic mass is 9.96. The second kappa shape index (κ2) is 10.7. The molecule has 1 heterocycles. The molecule has 0 aromatic heterocycles. The molecule has 2 amide bonds.